The molecule has 0 aromatic heterocycles. The molecule has 0 aliphatic heterocycles. The number of rotatable bonds is 3. The first kappa shape index (κ1) is 17.4. The van der Waals surface area contributed by atoms with Crippen LogP contribution >= 0.6 is 0 Å². The predicted molar refractivity (Wildman–Crippen MR) is 81.6 cm³/mol. The molecule has 1 atom stereocenters. The Morgan fingerprint density at radius 1 is 0.750 bits per heavy atom. The van der Waals surface area contributed by atoms with E-state index in [2.05, 4.69) is 19.6 Å². The zero-order valence-electron chi connectivity index (χ0n) is 12.8. The van der Waals surface area contributed by atoms with Gasteiger partial charge in [-0.2, -0.15) is 13.2 Å². The first-order valence-corrected chi connectivity index (χ1v) is 13.6. The number of benzene rings is 1. The first-order chi connectivity index (χ1) is 8.71. The molecule has 0 saturated carbocycles. The van der Waals surface area contributed by atoms with Gasteiger partial charge in [-0.25, -0.2) is 4.39 Å². The van der Waals surface area contributed by atoms with E-state index in [4.69, 9.17) is 0 Å². The molecule has 1 unspecified atom stereocenters. The molecule has 20 heavy (non-hydrogen) atoms. The van der Waals surface area contributed by atoms with Gasteiger partial charge < -0.3 is 0 Å². The summed E-state index contributed by atoms with van der Waals surface area (Å²) < 4.78 is 54.8. The van der Waals surface area contributed by atoms with Crippen LogP contribution in [0, 0.1) is 0 Å². The lowest BCUT2D eigenvalue weighted by atomic mass is 10.1. The molecular formula is C14H22F4Si2. The van der Waals surface area contributed by atoms with Gasteiger partial charge in [-0.3, -0.25) is 0 Å². The van der Waals surface area contributed by atoms with Gasteiger partial charge >= 0.3 is 6.18 Å². The monoisotopic (exact) mass is 322 g/mol. The fourth-order valence-corrected chi connectivity index (χ4v) is 5.27. The van der Waals surface area contributed by atoms with E-state index in [0.29, 0.717) is 0 Å². The maximum absolute atomic E-state index is 14.9. The normalized spacial score (nSPS) is 16.9. The summed E-state index contributed by atoms with van der Waals surface area (Å²) in [6.45, 7) is 10.5. The molecule has 1 aromatic carbocycles. The minimum atomic E-state index is -4.88. The molecule has 0 heterocycles. The molecule has 0 saturated heterocycles. The second kappa shape index (κ2) is 4.98. The van der Waals surface area contributed by atoms with Crippen molar-refractivity contribution in [1.82, 2.24) is 0 Å². The topological polar surface area (TPSA) is 0 Å². The summed E-state index contributed by atoms with van der Waals surface area (Å²) in [4.78, 5) is 0. The average Bonchev–Trinajstić information content (AvgIpc) is 2.24. The highest BCUT2D eigenvalue weighted by atomic mass is 28.3. The third-order valence-corrected chi connectivity index (χ3v) is 8.28. The van der Waals surface area contributed by atoms with Crippen LogP contribution in [0.1, 0.15) is 5.56 Å². The SMILES string of the molecule is C[Si](C)(C)c1ccc(C(F)(C(F)(F)F)[Si](C)(C)C)cc1. The van der Waals surface area contributed by atoms with Gasteiger partial charge in [-0.05, 0) is 5.56 Å². The van der Waals surface area contributed by atoms with Crippen LogP contribution in [-0.4, -0.2) is 22.3 Å². The molecule has 0 nitrogen and oxygen atoms in total. The van der Waals surface area contributed by atoms with Crippen LogP contribution in [-0.2, 0) is 5.29 Å². The van der Waals surface area contributed by atoms with Crippen molar-refractivity contribution in [3.05, 3.63) is 29.8 Å². The Bertz CT molecular complexity index is 450. The highest BCUT2D eigenvalue weighted by Gasteiger charge is 2.64. The minimum absolute atomic E-state index is 0.258. The molecule has 6 heteroatoms. The van der Waals surface area contributed by atoms with Crippen molar-refractivity contribution in [2.45, 2.75) is 50.8 Å². The Hall–Kier alpha value is -0.626. The molecule has 114 valence electrons. The third kappa shape index (κ3) is 3.00. The van der Waals surface area contributed by atoms with Crippen molar-refractivity contribution in [2.75, 3.05) is 0 Å². The fraction of sp³-hybridized carbons (Fsp3) is 0.571. The number of alkyl halides is 4. The molecule has 1 aromatic rings. The van der Waals surface area contributed by atoms with Crippen molar-refractivity contribution in [2.24, 2.45) is 0 Å². The molecule has 1 rings (SSSR count). The van der Waals surface area contributed by atoms with Crippen LogP contribution < -0.4 is 5.19 Å². The van der Waals surface area contributed by atoms with Crippen LogP contribution in [0.25, 0.3) is 0 Å². The molecule has 0 N–H and O–H groups in total. The van der Waals surface area contributed by atoms with E-state index >= 15 is 0 Å². The summed E-state index contributed by atoms with van der Waals surface area (Å²) in [5, 5.41) is -2.18. The van der Waals surface area contributed by atoms with Gasteiger partial charge in [0.2, 0.25) is 5.29 Å². The summed E-state index contributed by atoms with van der Waals surface area (Å²) in [7, 11) is -4.73. The van der Waals surface area contributed by atoms with Gasteiger partial charge in [0.05, 0.1) is 8.07 Å². The van der Waals surface area contributed by atoms with Gasteiger partial charge in [0, 0.05) is 0 Å². The summed E-state index contributed by atoms with van der Waals surface area (Å²) in [5.41, 5.74) is -0.258. The van der Waals surface area contributed by atoms with E-state index in [1.807, 2.05) is 0 Å². The quantitative estimate of drug-likeness (QED) is 0.552. The second-order valence-electron chi connectivity index (χ2n) is 7.23. The first-order valence-electron chi connectivity index (χ1n) is 6.58. The molecule has 0 radical (unpaired) electrons. The largest absolute Gasteiger partial charge is 0.423 e. The molecule has 0 aliphatic carbocycles. The van der Waals surface area contributed by atoms with Crippen LogP contribution in [0.15, 0.2) is 24.3 Å². The minimum Gasteiger partial charge on any atom is -0.233 e. The van der Waals surface area contributed by atoms with Gasteiger partial charge in [0.25, 0.3) is 0 Å². The van der Waals surface area contributed by atoms with E-state index < -0.39 is 27.6 Å². The van der Waals surface area contributed by atoms with Crippen molar-refractivity contribution < 1.29 is 17.6 Å². The van der Waals surface area contributed by atoms with Gasteiger partial charge in [-0.1, -0.05) is 68.7 Å². The maximum atomic E-state index is 14.9. The van der Waals surface area contributed by atoms with Crippen LogP contribution in [0.2, 0.25) is 39.3 Å². The van der Waals surface area contributed by atoms with Gasteiger partial charge in [-0.15, -0.1) is 0 Å². The van der Waals surface area contributed by atoms with Crippen molar-refractivity contribution in [1.29, 1.82) is 0 Å². The van der Waals surface area contributed by atoms with E-state index in [1.54, 1.807) is 12.1 Å². The Kier molecular flexibility index (Phi) is 4.34. The summed E-state index contributed by atoms with van der Waals surface area (Å²) >= 11 is 0. The Balaban J connectivity index is 3.39. The zero-order valence-corrected chi connectivity index (χ0v) is 14.8. The highest BCUT2D eigenvalue weighted by molar-refractivity contribution is 6.88. The number of hydrogen-bond donors (Lipinski definition) is 0. The highest BCUT2D eigenvalue weighted by Crippen LogP contribution is 2.48. The molecule has 0 bridgehead atoms. The summed E-state index contributed by atoms with van der Waals surface area (Å²) in [6.07, 6.45) is -4.88. The van der Waals surface area contributed by atoms with Crippen molar-refractivity contribution in [3.63, 3.8) is 0 Å². The van der Waals surface area contributed by atoms with Crippen molar-refractivity contribution >= 4 is 21.3 Å². The predicted octanol–water partition coefficient (Wildman–Crippen LogP) is 4.84. The van der Waals surface area contributed by atoms with Crippen LogP contribution in [0.4, 0.5) is 17.6 Å². The Morgan fingerprint density at radius 3 is 1.40 bits per heavy atom. The molecular weight excluding hydrogens is 300 g/mol. The lowest BCUT2D eigenvalue weighted by Gasteiger charge is -2.38. The summed E-state index contributed by atoms with van der Waals surface area (Å²) in [6, 6.07) is 5.95. The Labute approximate surface area is 120 Å². The third-order valence-electron chi connectivity index (χ3n) is 3.57. The molecule has 0 aliphatic rings. The van der Waals surface area contributed by atoms with Gasteiger partial charge in [0.1, 0.15) is 8.07 Å². The molecule has 0 spiro atoms. The van der Waals surface area contributed by atoms with E-state index in [0.717, 1.165) is 5.19 Å². The van der Waals surface area contributed by atoms with Crippen LogP contribution in [0.3, 0.4) is 0 Å². The van der Waals surface area contributed by atoms with Crippen LogP contribution in [0.5, 0.6) is 0 Å². The molecule has 0 fully saturated rings. The van der Waals surface area contributed by atoms with Gasteiger partial charge in [0.15, 0.2) is 0 Å². The Morgan fingerprint density at radius 2 is 1.15 bits per heavy atom. The lowest BCUT2D eigenvalue weighted by Crippen LogP contribution is -2.56. The molecule has 0 amide bonds. The maximum Gasteiger partial charge on any atom is 0.423 e. The zero-order chi connectivity index (χ0) is 16.0. The summed E-state index contributed by atoms with van der Waals surface area (Å²) in [5.74, 6) is 0. The van der Waals surface area contributed by atoms with E-state index in [1.165, 1.54) is 31.8 Å². The lowest BCUT2D eigenvalue weighted by molar-refractivity contribution is -0.206. The number of halogens is 4. The van der Waals surface area contributed by atoms with E-state index in [-0.39, 0.29) is 5.56 Å². The standard InChI is InChI=1S/C14H22F4Si2/c1-19(2,3)12-9-7-11(8-10-12)13(15,14(16,17)18)20(4,5)6/h7-10H,1-6H3. The number of hydrogen-bond acceptors (Lipinski definition) is 0. The fourth-order valence-electron chi connectivity index (χ4n) is 2.22. The van der Waals surface area contributed by atoms with E-state index in [9.17, 15) is 17.6 Å². The van der Waals surface area contributed by atoms with Crippen molar-refractivity contribution in [3.8, 4) is 0 Å². The smallest absolute Gasteiger partial charge is 0.233 e. The average molecular weight is 322 g/mol. The second-order valence-corrected chi connectivity index (χ2v) is 17.5.